The molecule has 0 aliphatic carbocycles. The van der Waals surface area contributed by atoms with Crippen LogP contribution in [0, 0.1) is 0 Å². The summed E-state index contributed by atoms with van der Waals surface area (Å²) >= 11 is 0. The van der Waals surface area contributed by atoms with Gasteiger partial charge >= 0.3 is 11.9 Å². The van der Waals surface area contributed by atoms with Crippen LogP contribution in [0.5, 0.6) is 11.5 Å². The largest absolute Gasteiger partial charge is 0.493 e. The number of carbonyl (C=O) groups excluding carboxylic acids is 3. The zero-order valence-corrected chi connectivity index (χ0v) is 22.2. The Kier molecular flexibility index (Phi) is 9.62. The summed E-state index contributed by atoms with van der Waals surface area (Å²) in [4.78, 5) is 37.2. The van der Waals surface area contributed by atoms with Gasteiger partial charge in [-0.15, -0.1) is 0 Å². The van der Waals surface area contributed by atoms with E-state index >= 15 is 0 Å². The van der Waals surface area contributed by atoms with Gasteiger partial charge < -0.3 is 19.9 Å². The van der Waals surface area contributed by atoms with Gasteiger partial charge in [0.25, 0.3) is 0 Å². The van der Waals surface area contributed by atoms with E-state index in [2.05, 4.69) is 5.32 Å². The first-order chi connectivity index (χ1) is 18.1. The van der Waals surface area contributed by atoms with Gasteiger partial charge in [-0.25, -0.2) is 9.59 Å². The zero-order chi connectivity index (χ0) is 27.7. The number of hydrogen-bond acceptors (Lipinski definition) is 7. The number of carbonyl (C=O) groups is 3. The van der Waals surface area contributed by atoms with Crippen molar-refractivity contribution >= 4 is 17.8 Å². The van der Waals surface area contributed by atoms with Crippen LogP contribution in [0.25, 0.3) is 11.1 Å². The van der Waals surface area contributed by atoms with E-state index in [1.165, 1.54) is 0 Å². The number of benzene rings is 3. The van der Waals surface area contributed by atoms with Crippen molar-refractivity contribution in [1.29, 1.82) is 0 Å². The summed E-state index contributed by atoms with van der Waals surface area (Å²) in [5.41, 5.74) is 7.81. The minimum atomic E-state index is -0.892. The quantitative estimate of drug-likeness (QED) is 0.271. The molecule has 1 atom stereocenters. The minimum absolute atomic E-state index is 0.0254. The Balaban J connectivity index is 1.70. The lowest BCUT2D eigenvalue weighted by Crippen LogP contribution is -2.51. The number of methoxy groups -OCH3 is 2. The first-order valence-electron chi connectivity index (χ1n) is 12.3. The lowest BCUT2D eigenvalue weighted by Gasteiger charge is -2.31. The molecule has 0 unspecified atom stereocenters. The molecule has 0 aromatic heterocycles. The van der Waals surface area contributed by atoms with Crippen molar-refractivity contribution in [3.63, 3.8) is 0 Å². The van der Waals surface area contributed by atoms with Gasteiger partial charge in [0.05, 0.1) is 19.8 Å². The topological polar surface area (TPSA) is 117 Å². The summed E-state index contributed by atoms with van der Waals surface area (Å²) < 4.78 is 15.8. The molecule has 8 heteroatoms. The van der Waals surface area contributed by atoms with Crippen LogP contribution in [0.1, 0.15) is 42.6 Å². The second kappa shape index (κ2) is 12.9. The molecule has 3 rings (SSSR count). The van der Waals surface area contributed by atoms with Crippen LogP contribution < -0.4 is 20.5 Å². The number of nitrogens with two attached hydrogens (primary N) is 1. The van der Waals surface area contributed by atoms with Crippen molar-refractivity contribution in [2.24, 2.45) is 5.73 Å². The first-order valence-corrected chi connectivity index (χ1v) is 12.3. The van der Waals surface area contributed by atoms with Crippen LogP contribution in [-0.4, -0.2) is 43.6 Å². The summed E-state index contributed by atoms with van der Waals surface area (Å²) in [5, 5.41) is 3.25. The summed E-state index contributed by atoms with van der Waals surface area (Å²) in [6.45, 7) is 3.89. The highest BCUT2D eigenvalue weighted by molar-refractivity contribution is 5.98. The van der Waals surface area contributed by atoms with Gasteiger partial charge in [-0.2, -0.15) is 0 Å². The SMILES string of the molecule is COc1ccc(-c2ccc(C(=O)OC(=O)[C@H](CCC(N)=O)NC(C)(C)Cc3ccccc3)cc2)cc1OC. The molecule has 0 fully saturated rings. The minimum Gasteiger partial charge on any atom is -0.493 e. The Morgan fingerprint density at radius 2 is 1.50 bits per heavy atom. The average Bonchev–Trinajstić information content (AvgIpc) is 2.90. The van der Waals surface area contributed by atoms with Crippen molar-refractivity contribution in [1.82, 2.24) is 5.32 Å². The number of esters is 2. The maximum Gasteiger partial charge on any atom is 0.345 e. The van der Waals surface area contributed by atoms with E-state index in [9.17, 15) is 14.4 Å². The molecule has 3 N–H and O–H groups in total. The smallest absolute Gasteiger partial charge is 0.345 e. The second-order valence-corrected chi connectivity index (χ2v) is 9.60. The molecule has 1 amide bonds. The summed E-state index contributed by atoms with van der Waals surface area (Å²) in [7, 11) is 3.13. The van der Waals surface area contributed by atoms with Crippen molar-refractivity contribution in [2.75, 3.05) is 14.2 Å². The van der Waals surface area contributed by atoms with E-state index in [4.69, 9.17) is 19.9 Å². The molecular formula is C30H34N2O6. The summed E-state index contributed by atoms with van der Waals surface area (Å²) in [6, 6.07) is 21.1. The molecule has 0 saturated heterocycles. The lowest BCUT2D eigenvalue weighted by atomic mass is 9.93. The van der Waals surface area contributed by atoms with Crippen LogP contribution >= 0.6 is 0 Å². The number of amides is 1. The standard InChI is InChI=1S/C30H34N2O6/c1-30(2,19-20-8-6-5-7-9-20)32-24(15-17-27(31)33)29(35)38-28(34)22-12-10-21(11-13-22)23-14-16-25(36-3)26(18-23)37-4/h5-14,16,18,24,32H,15,17,19H2,1-4H3,(H2,31,33)/t24-/m0/s1. The van der Waals surface area contributed by atoms with E-state index in [0.717, 1.165) is 16.7 Å². The molecule has 3 aromatic rings. The normalized spacial score (nSPS) is 11.9. The number of nitrogens with one attached hydrogen (secondary N) is 1. The van der Waals surface area contributed by atoms with E-state index < -0.39 is 29.4 Å². The van der Waals surface area contributed by atoms with E-state index in [1.807, 2.05) is 56.3 Å². The molecule has 0 aliphatic heterocycles. The molecule has 38 heavy (non-hydrogen) atoms. The van der Waals surface area contributed by atoms with Crippen molar-refractivity contribution in [3.05, 3.63) is 83.9 Å². The Bertz CT molecular complexity index is 1260. The average molecular weight is 519 g/mol. The molecule has 0 saturated carbocycles. The fourth-order valence-electron chi connectivity index (χ4n) is 4.20. The zero-order valence-electron chi connectivity index (χ0n) is 22.2. The van der Waals surface area contributed by atoms with Gasteiger partial charge in [0.15, 0.2) is 11.5 Å². The molecule has 0 spiro atoms. The lowest BCUT2D eigenvalue weighted by molar-refractivity contribution is -0.141. The predicted octanol–water partition coefficient (Wildman–Crippen LogP) is 4.30. The van der Waals surface area contributed by atoms with Crippen LogP contribution in [0.4, 0.5) is 0 Å². The van der Waals surface area contributed by atoms with Crippen LogP contribution in [0.2, 0.25) is 0 Å². The molecule has 200 valence electrons. The monoisotopic (exact) mass is 518 g/mol. The Morgan fingerprint density at radius 3 is 2.11 bits per heavy atom. The molecule has 8 nitrogen and oxygen atoms in total. The molecule has 3 aromatic carbocycles. The highest BCUT2D eigenvalue weighted by Crippen LogP contribution is 2.32. The molecule has 0 aliphatic rings. The predicted molar refractivity (Wildman–Crippen MR) is 145 cm³/mol. The fraction of sp³-hybridized carbons (Fsp3) is 0.300. The number of rotatable bonds is 12. The van der Waals surface area contributed by atoms with Crippen LogP contribution in [0.3, 0.4) is 0 Å². The molecule has 0 bridgehead atoms. The summed E-state index contributed by atoms with van der Waals surface area (Å²) in [5.74, 6) is -0.880. The fourth-order valence-corrected chi connectivity index (χ4v) is 4.20. The molecule has 0 radical (unpaired) electrons. The molecule has 0 heterocycles. The highest BCUT2D eigenvalue weighted by Gasteiger charge is 2.30. The maximum atomic E-state index is 13.0. The Morgan fingerprint density at radius 1 is 0.868 bits per heavy atom. The van der Waals surface area contributed by atoms with Gasteiger partial charge in [-0.1, -0.05) is 48.5 Å². The van der Waals surface area contributed by atoms with Crippen LogP contribution in [0.15, 0.2) is 72.8 Å². The number of primary amides is 1. The third kappa shape index (κ3) is 7.91. The Labute approximate surface area is 223 Å². The van der Waals surface area contributed by atoms with Crippen molar-refractivity contribution in [2.45, 2.75) is 44.7 Å². The number of hydrogen-bond donors (Lipinski definition) is 2. The van der Waals surface area contributed by atoms with Gasteiger partial charge in [0.2, 0.25) is 5.91 Å². The van der Waals surface area contributed by atoms with Gasteiger partial charge in [0, 0.05) is 12.0 Å². The number of ether oxygens (including phenoxy) is 3. The van der Waals surface area contributed by atoms with E-state index in [-0.39, 0.29) is 18.4 Å². The third-order valence-corrected chi connectivity index (χ3v) is 6.05. The maximum absolute atomic E-state index is 13.0. The van der Waals surface area contributed by atoms with Crippen molar-refractivity contribution in [3.8, 4) is 22.6 Å². The van der Waals surface area contributed by atoms with Gasteiger partial charge in [0.1, 0.15) is 6.04 Å². The molecular weight excluding hydrogens is 484 g/mol. The van der Waals surface area contributed by atoms with Crippen molar-refractivity contribution < 1.29 is 28.6 Å². The van der Waals surface area contributed by atoms with Gasteiger partial charge in [-0.05, 0) is 67.6 Å². The van der Waals surface area contributed by atoms with Gasteiger partial charge in [-0.3, -0.25) is 10.1 Å². The van der Waals surface area contributed by atoms with Crippen LogP contribution in [-0.2, 0) is 20.7 Å². The van der Waals surface area contributed by atoms with E-state index in [0.29, 0.717) is 17.9 Å². The van der Waals surface area contributed by atoms with E-state index in [1.54, 1.807) is 44.6 Å². The Hall–Kier alpha value is -4.17. The summed E-state index contributed by atoms with van der Waals surface area (Å²) in [6.07, 6.45) is 0.708. The third-order valence-electron chi connectivity index (χ3n) is 6.05. The second-order valence-electron chi connectivity index (χ2n) is 9.60. The highest BCUT2D eigenvalue weighted by atomic mass is 16.6. The first kappa shape index (κ1) is 28.4.